The summed E-state index contributed by atoms with van der Waals surface area (Å²) in [6.45, 7) is 1.11. The molecule has 1 aromatic heterocycles. The van der Waals surface area contributed by atoms with Crippen molar-refractivity contribution in [3.63, 3.8) is 0 Å². The lowest BCUT2D eigenvalue weighted by Crippen LogP contribution is -2.51. The first-order valence-electron chi connectivity index (χ1n) is 10.2. The molecule has 5 rings (SSSR count). The van der Waals surface area contributed by atoms with E-state index < -0.39 is 6.17 Å². The highest BCUT2D eigenvalue weighted by atomic mass is 16.2. The average molecular weight is 415 g/mol. The molecule has 8 heteroatoms. The second-order valence-electron chi connectivity index (χ2n) is 7.59. The lowest BCUT2D eigenvalue weighted by molar-refractivity contribution is -0.122. The zero-order valence-electron chi connectivity index (χ0n) is 16.8. The van der Waals surface area contributed by atoms with E-state index in [1.54, 1.807) is 47.8 Å². The van der Waals surface area contributed by atoms with Gasteiger partial charge in [-0.2, -0.15) is 0 Å². The fourth-order valence-electron chi connectivity index (χ4n) is 4.25. The summed E-state index contributed by atoms with van der Waals surface area (Å²) in [6.07, 6.45) is 5.44. The molecule has 156 valence electrons. The summed E-state index contributed by atoms with van der Waals surface area (Å²) in [4.78, 5) is 46.2. The minimum atomic E-state index is -0.622. The number of rotatable bonds is 6. The molecule has 0 bridgehead atoms. The summed E-state index contributed by atoms with van der Waals surface area (Å²) in [7, 11) is 0. The number of benzene rings is 2. The van der Waals surface area contributed by atoms with Crippen molar-refractivity contribution in [1.29, 1.82) is 0 Å². The summed E-state index contributed by atoms with van der Waals surface area (Å²) < 4.78 is 1.94. The van der Waals surface area contributed by atoms with Gasteiger partial charge >= 0.3 is 0 Å². The smallest absolute Gasteiger partial charge is 0.260 e. The quantitative estimate of drug-likeness (QED) is 0.626. The van der Waals surface area contributed by atoms with Gasteiger partial charge in [0.15, 0.2) is 0 Å². The maximum absolute atomic E-state index is 13.3. The summed E-state index contributed by atoms with van der Waals surface area (Å²) in [6, 6.07) is 14.3. The number of amides is 3. The molecule has 3 amide bonds. The molecule has 2 aliphatic rings. The maximum Gasteiger partial charge on any atom is 0.260 e. The van der Waals surface area contributed by atoms with Gasteiger partial charge in [-0.3, -0.25) is 19.3 Å². The predicted octanol–water partition coefficient (Wildman–Crippen LogP) is 2.20. The Balaban J connectivity index is 1.37. The minimum absolute atomic E-state index is 0.124. The number of carbonyl (C=O) groups excluding carboxylic acids is 3. The third-order valence-electron chi connectivity index (χ3n) is 5.67. The van der Waals surface area contributed by atoms with Crippen molar-refractivity contribution < 1.29 is 14.4 Å². The van der Waals surface area contributed by atoms with Crippen LogP contribution in [0.25, 0.3) is 0 Å². The molecule has 0 spiro atoms. The van der Waals surface area contributed by atoms with Gasteiger partial charge in [-0.05, 0) is 24.6 Å². The molecular formula is C23H21N5O3. The van der Waals surface area contributed by atoms with Gasteiger partial charge in [0.25, 0.3) is 11.8 Å². The highest BCUT2D eigenvalue weighted by Crippen LogP contribution is 2.44. The summed E-state index contributed by atoms with van der Waals surface area (Å²) >= 11 is 0. The summed E-state index contributed by atoms with van der Waals surface area (Å²) in [5, 5.41) is 2.88. The Bertz CT molecular complexity index is 1160. The number of fused-ring (bicyclic) bond motifs is 5. The Morgan fingerprint density at radius 1 is 1.00 bits per heavy atom. The van der Waals surface area contributed by atoms with Gasteiger partial charge in [0.2, 0.25) is 5.91 Å². The lowest BCUT2D eigenvalue weighted by Gasteiger charge is -2.40. The van der Waals surface area contributed by atoms with Crippen molar-refractivity contribution in [3.8, 4) is 0 Å². The van der Waals surface area contributed by atoms with E-state index in [1.807, 2.05) is 29.0 Å². The predicted molar refractivity (Wildman–Crippen MR) is 113 cm³/mol. The van der Waals surface area contributed by atoms with E-state index in [0.29, 0.717) is 23.4 Å². The number of nitrogens with zero attached hydrogens (tertiary/aromatic N) is 4. The van der Waals surface area contributed by atoms with E-state index in [-0.39, 0.29) is 24.3 Å². The standard InChI is InChI=1S/C23H21N5O3/c29-20(25-10-5-12-26-13-11-24-15-26)14-27-21-16-6-1-2-7-17(16)23(31)28(21)19-9-4-3-8-18(19)22(27)30/h1-4,6-9,11,13,15,21H,5,10,12,14H2,(H,25,29)/t21-/m0/s1. The molecule has 1 N–H and O–H groups in total. The molecule has 0 radical (unpaired) electrons. The second kappa shape index (κ2) is 7.71. The minimum Gasteiger partial charge on any atom is -0.354 e. The molecule has 2 aromatic carbocycles. The number of para-hydroxylation sites is 1. The monoisotopic (exact) mass is 415 g/mol. The van der Waals surface area contributed by atoms with Gasteiger partial charge in [0, 0.05) is 36.6 Å². The molecule has 2 aliphatic heterocycles. The number of hydrogen-bond acceptors (Lipinski definition) is 4. The number of aromatic nitrogens is 2. The average Bonchev–Trinajstić information content (AvgIpc) is 3.41. The molecule has 0 aliphatic carbocycles. The van der Waals surface area contributed by atoms with Crippen LogP contribution in [0.2, 0.25) is 0 Å². The molecule has 31 heavy (non-hydrogen) atoms. The Kier molecular flexibility index (Phi) is 4.74. The van der Waals surface area contributed by atoms with Gasteiger partial charge in [0.1, 0.15) is 12.7 Å². The van der Waals surface area contributed by atoms with Crippen molar-refractivity contribution in [3.05, 3.63) is 83.9 Å². The maximum atomic E-state index is 13.3. The van der Waals surface area contributed by atoms with Gasteiger partial charge < -0.3 is 14.8 Å². The zero-order chi connectivity index (χ0) is 21.4. The highest BCUT2D eigenvalue weighted by molar-refractivity contribution is 6.17. The number of aryl methyl sites for hydroxylation is 1. The fraction of sp³-hybridized carbons (Fsp3) is 0.217. The summed E-state index contributed by atoms with van der Waals surface area (Å²) in [5.74, 6) is -0.670. The van der Waals surface area contributed by atoms with Crippen molar-refractivity contribution in [2.24, 2.45) is 0 Å². The molecule has 0 saturated heterocycles. The fourth-order valence-corrected chi connectivity index (χ4v) is 4.25. The first-order valence-corrected chi connectivity index (χ1v) is 10.2. The van der Waals surface area contributed by atoms with Crippen molar-refractivity contribution in [1.82, 2.24) is 19.8 Å². The first-order chi connectivity index (χ1) is 15.1. The number of imidazole rings is 1. The number of nitrogens with one attached hydrogen (secondary N) is 1. The van der Waals surface area contributed by atoms with Crippen LogP contribution in [0.3, 0.4) is 0 Å². The van der Waals surface area contributed by atoms with Gasteiger partial charge in [-0.25, -0.2) is 4.98 Å². The SMILES string of the molecule is O=C(CN1C(=O)c2ccccc2N2C(=O)c3ccccc3[C@@H]12)NCCCn1ccnc1. The molecular weight excluding hydrogens is 394 g/mol. The normalized spacial score (nSPS) is 16.7. The van der Waals surface area contributed by atoms with Crippen LogP contribution in [-0.2, 0) is 11.3 Å². The third-order valence-corrected chi connectivity index (χ3v) is 5.67. The van der Waals surface area contributed by atoms with E-state index in [2.05, 4.69) is 10.3 Å². The van der Waals surface area contributed by atoms with Crippen LogP contribution in [0.1, 0.15) is 38.9 Å². The van der Waals surface area contributed by atoms with Crippen molar-refractivity contribution >= 4 is 23.4 Å². The molecule has 3 heterocycles. The molecule has 0 unspecified atom stereocenters. The van der Waals surface area contributed by atoms with Gasteiger partial charge in [0.05, 0.1) is 17.6 Å². The van der Waals surface area contributed by atoms with Crippen LogP contribution in [-0.4, -0.2) is 45.3 Å². The lowest BCUT2D eigenvalue weighted by atomic mass is 10.0. The number of hydrogen-bond donors (Lipinski definition) is 1. The van der Waals surface area contributed by atoms with Crippen LogP contribution >= 0.6 is 0 Å². The van der Waals surface area contributed by atoms with Crippen LogP contribution in [0.4, 0.5) is 5.69 Å². The van der Waals surface area contributed by atoms with Crippen LogP contribution < -0.4 is 10.2 Å². The number of carbonyl (C=O) groups is 3. The Hall–Kier alpha value is -3.94. The van der Waals surface area contributed by atoms with E-state index in [0.717, 1.165) is 18.5 Å². The van der Waals surface area contributed by atoms with Crippen LogP contribution in [0, 0.1) is 0 Å². The van der Waals surface area contributed by atoms with Crippen molar-refractivity contribution in [2.45, 2.75) is 19.1 Å². The molecule has 1 atom stereocenters. The van der Waals surface area contributed by atoms with E-state index in [4.69, 9.17) is 0 Å². The first kappa shape index (κ1) is 19.0. The highest BCUT2D eigenvalue weighted by Gasteiger charge is 2.47. The Morgan fingerprint density at radius 2 is 1.77 bits per heavy atom. The molecule has 8 nitrogen and oxygen atoms in total. The second-order valence-corrected chi connectivity index (χ2v) is 7.59. The summed E-state index contributed by atoms with van der Waals surface area (Å²) in [5.41, 5.74) is 2.30. The third kappa shape index (κ3) is 3.26. The van der Waals surface area contributed by atoms with E-state index >= 15 is 0 Å². The van der Waals surface area contributed by atoms with Crippen molar-refractivity contribution in [2.75, 3.05) is 18.0 Å². The Morgan fingerprint density at radius 3 is 2.58 bits per heavy atom. The molecule has 0 fully saturated rings. The van der Waals surface area contributed by atoms with E-state index in [9.17, 15) is 14.4 Å². The molecule has 0 saturated carbocycles. The Labute approximate surface area is 179 Å². The number of anilines is 1. The molecule has 3 aromatic rings. The van der Waals surface area contributed by atoms with E-state index in [1.165, 1.54) is 4.90 Å². The zero-order valence-corrected chi connectivity index (χ0v) is 16.8. The van der Waals surface area contributed by atoms with Gasteiger partial charge in [-0.15, -0.1) is 0 Å². The van der Waals surface area contributed by atoms with Crippen LogP contribution in [0.15, 0.2) is 67.3 Å². The van der Waals surface area contributed by atoms with Gasteiger partial charge in [-0.1, -0.05) is 30.3 Å². The van der Waals surface area contributed by atoms with Crippen LogP contribution in [0.5, 0.6) is 0 Å². The largest absolute Gasteiger partial charge is 0.354 e. The topological polar surface area (TPSA) is 87.5 Å².